The van der Waals surface area contributed by atoms with E-state index < -0.39 is 0 Å². The van der Waals surface area contributed by atoms with Crippen molar-refractivity contribution in [2.75, 3.05) is 39.3 Å². The second-order valence-electron chi connectivity index (χ2n) is 8.37. The van der Waals surface area contributed by atoms with E-state index in [2.05, 4.69) is 50.8 Å². The molecule has 0 saturated carbocycles. The van der Waals surface area contributed by atoms with E-state index >= 15 is 0 Å². The highest BCUT2D eigenvalue weighted by Gasteiger charge is 2.27. The summed E-state index contributed by atoms with van der Waals surface area (Å²) >= 11 is 1.87. The molecule has 1 unspecified atom stereocenters. The molecule has 1 atom stereocenters. The van der Waals surface area contributed by atoms with Gasteiger partial charge in [0.2, 0.25) is 0 Å². The summed E-state index contributed by atoms with van der Waals surface area (Å²) in [5, 5.41) is 10.0. The first-order valence-corrected chi connectivity index (χ1v) is 11.9. The van der Waals surface area contributed by atoms with Gasteiger partial charge in [0.1, 0.15) is 0 Å². The molecule has 0 bridgehead atoms. The summed E-state index contributed by atoms with van der Waals surface area (Å²) in [6.45, 7) is 9.65. The molecule has 0 radical (unpaired) electrons. The lowest BCUT2D eigenvalue weighted by molar-refractivity contribution is 0.182. The zero-order valence-corrected chi connectivity index (χ0v) is 21.3. The maximum atomic E-state index is 5.05. The van der Waals surface area contributed by atoms with Crippen molar-refractivity contribution in [3.05, 3.63) is 40.3 Å². The van der Waals surface area contributed by atoms with Gasteiger partial charge in [0, 0.05) is 56.8 Å². The van der Waals surface area contributed by atoms with E-state index in [1.165, 1.54) is 42.8 Å². The summed E-state index contributed by atoms with van der Waals surface area (Å²) in [7, 11) is 1.99. The van der Waals surface area contributed by atoms with Gasteiger partial charge in [-0.3, -0.25) is 14.6 Å². The highest BCUT2D eigenvalue weighted by Crippen LogP contribution is 2.27. The summed E-state index contributed by atoms with van der Waals surface area (Å²) in [4.78, 5) is 11.6. The van der Waals surface area contributed by atoms with Gasteiger partial charge in [-0.15, -0.1) is 35.3 Å². The average molecular weight is 543 g/mol. The van der Waals surface area contributed by atoms with Crippen LogP contribution in [0.5, 0.6) is 0 Å². The molecule has 0 aliphatic carbocycles. The van der Waals surface area contributed by atoms with Crippen LogP contribution in [0.3, 0.4) is 0 Å². The standard InChI is InChI=1S/C22H34N6S.HI/c1-3-23-22(28-11-8-19(16-28)20-14-25-26(2)15-20)24-13-18-6-9-27(10-7-18)17-21-5-4-12-29-21;/h4-5,12,14-15,18-19H,3,6-11,13,16-17H2,1-2H3,(H,23,24);1H. The van der Waals surface area contributed by atoms with Crippen molar-refractivity contribution in [3.8, 4) is 0 Å². The normalized spacial score (nSPS) is 21.1. The molecule has 1 N–H and O–H groups in total. The van der Waals surface area contributed by atoms with Gasteiger partial charge >= 0.3 is 0 Å². The van der Waals surface area contributed by atoms with Gasteiger partial charge in [-0.05, 0) is 62.2 Å². The van der Waals surface area contributed by atoms with Crippen molar-refractivity contribution in [1.82, 2.24) is 24.9 Å². The Morgan fingerprint density at radius 1 is 1.27 bits per heavy atom. The Morgan fingerprint density at radius 2 is 2.10 bits per heavy atom. The van der Waals surface area contributed by atoms with Crippen molar-refractivity contribution in [2.45, 2.75) is 38.6 Å². The summed E-state index contributed by atoms with van der Waals surface area (Å²) in [5.74, 6) is 2.37. The van der Waals surface area contributed by atoms with Crippen LogP contribution in [0, 0.1) is 5.92 Å². The zero-order chi connectivity index (χ0) is 20.1. The number of nitrogens with zero attached hydrogens (tertiary/aromatic N) is 5. The number of halogens is 1. The Labute approximate surface area is 201 Å². The number of nitrogens with one attached hydrogen (secondary N) is 1. The summed E-state index contributed by atoms with van der Waals surface area (Å²) < 4.78 is 1.90. The third-order valence-corrected chi connectivity index (χ3v) is 7.05. The smallest absolute Gasteiger partial charge is 0.193 e. The Balaban J connectivity index is 0.00000256. The largest absolute Gasteiger partial charge is 0.357 e. The Bertz CT molecular complexity index is 781. The maximum absolute atomic E-state index is 5.05. The molecule has 2 saturated heterocycles. The van der Waals surface area contributed by atoms with Gasteiger partial charge in [-0.2, -0.15) is 5.10 Å². The SMILES string of the molecule is CCNC(=NCC1CCN(Cc2cccs2)CC1)N1CCC(c2cnn(C)c2)C1.I. The minimum atomic E-state index is 0. The number of aliphatic imine (C=N–C) groups is 1. The fraction of sp³-hybridized carbons (Fsp3) is 0.636. The van der Waals surface area contributed by atoms with Gasteiger partial charge in [-0.25, -0.2) is 0 Å². The number of likely N-dealkylation sites (tertiary alicyclic amines) is 2. The van der Waals surface area contributed by atoms with Crippen molar-refractivity contribution in [3.63, 3.8) is 0 Å². The van der Waals surface area contributed by atoms with Crippen LogP contribution in [-0.4, -0.2) is 64.8 Å². The third-order valence-electron chi connectivity index (χ3n) is 6.18. The van der Waals surface area contributed by atoms with Crippen LogP contribution in [0.2, 0.25) is 0 Å². The van der Waals surface area contributed by atoms with E-state index in [0.29, 0.717) is 11.8 Å². The molecule has 2 aromatic heterocycles. The quantitative estimate of drug-likeness (QED) is 0.343. The molecule has 4 rings (SSSR count). The van der Waals surface area contributed by atoms with Crippen LogP contribution in [-0.2, 0) is 13.6 Å². The molecule has 0 amide bonds. The number of guanidine groups is 1. The lowest BCUT2D eigenvalue weighted by Gasteiger charge is -2.31. The summed E-state index contributed by atoms with van der Waals surface area (Å²) in [6.07, 6.45) is 7.86. The maximum Gasteiger partial charge on any atom is 0.193 e. The molecular formula is C22H35IN6S. The highest BCUT2D eigenvalue weighted by atomic mass is 127. The zero-order valence-electron chi connectivity index (χ0n) is 18.2. The first-order valence-electron chi connectivity index (χ1n) is 11.0. The number of hydrogen-bond donors (Lipinski definition) is 1. The number of hydrogen-bond acceptors (Lipinski definition) is 4. The molecule has 6 nitrogen and oxygen atoms in total. The summed E-state index contributed by atoms with van der Waals surface area (Å²) in [5.41, 5.74) is 1.35. The van der Waals surface area contributed by atoms with E-state index in [1.54, 1.807) is 0 Å². The lowest BCUT2D eigenvalue weighted by Crippen LogP contribution is -2.40. The monoisotopic (exact) mass is 542 g/mol. The fourth-order valence-electron chi connectivity index (χ4n) is 4.47. The molecular weight excluding hydrogens is 507 g/mol. The van der Waals surface area contributed by atoms with Crippen LogP contribution >= 0.6 is 35.3 Å². The Morgan fingerprint density at radius 3 is 2.77 bits per heavy atom. The van der Waals surface area contributed by atoms with Gasteiger partial charge in [0.25, 0.3) is 0 Å². The first kappa shape index (κ1) is 23.5. The van der Waals surface area contributed by atoms with E-state index in [0.717, 1.165) is 38.7 Å². The second kappa shape index (κ2) is 11.5. The molecule has 166 valence electrons. The predicted molar refractivity (Wildman–Crippen MR) is 136 cm³/mol. The number of aromatic nitrogens is 2. The summed E-state index contributed by atoms with van der Waals surface area (Å²) in [6, 6.07) is 4.40. The molecule has 2 aromatic rings. The van der Waals surface area contributed by atoms with Crippen LogP contribution in [0.25, 0.3) is 0 Å². The second-order valence-corrected chi connectivity index (χ2v) is 9.40. The van der Waals surface area contributed by atoms with E-state index in [4.69, 9.17) is 4.99 Å². The number of thiophene rings is 1. The minimum Gasteiger partial charge on any atom is -0.357 e. The van der Waals surface area contributed by atoms with Gasteiger partial charge in [0.05, 0.1) is 6.20 Å². The number of aryl methyl sites for hydroxylation is 1. The fourth-order valence-corrected chi connectivity index (χ4v) is 5.21. The molecule has 30 heavy (non-hydrogen) atoms. The van der Waals surface area contributed by atoms with Crippen molar-refractivity contribution in [2.24, 2.45) is 18.0 Å². The lowest BCUT2D eigenvalue weighted by atomic mass is 9.97. The van der Waals surface area contributed by atoms with E-state index in [-0.39, 0.29) is 24.0 Å². The first-order chi connectivity index (χ1) is 14.2. The van der Waals surface area contributed by atoms with Crippen molar-refractivity contribution < 1.29 is 0 Å². The predicted octanol–water partition coefficient (Wildman–Crippen LogP) is 3.77. The molecule has 2 fully saturated rings. The molecule has 2 aliphatic heterocycles. The number of rotatable bonds is 6. The topological polar surface area (TPSA) is 48.7 Å². The molecule has 8 heteroatoms. The van der Waals surface area contributed by atoms with E-state index in [1.807, 2.05) is 29.3 Å². The van der Waals surface area contributed by atoms with Crippen LogP contribution < -0.4 is 5.32 Å². The van der Waals surface area contributed by atoms with Gasteiger partial charge in [0.15, 0.2) is 5.96 Å². The van der Waals surface area contributed by atoms with Crippen LogP contribution in [0.1, 0.15) is 42.5 Å². The van der Waals surface area contributed by atoms with Crippen LogP contribution in [0.15, 0.2) is 34.9 Å². The van der Waals surface area contributed by atoms with Gasteiger partial charge < -0.3 is 10.2 Å². The molecule has 4 heterocycles. The van der Waals surface area contributed by atoms with Crippen molar-refractivity contribution >= 4 is 41.3 Å². The number of piperidine rings is 1. The molecule has 0 aromatic carbocycles. The molecule has 0 spiro atoms. The van der Waals surface area contributed by atoms with E-state index in [9.17, 15) is 0 Å². The highest BCUT2D eigenvalue weighted by molar-refractivity contribution is 14.0. The third kappa shape index (κ3) is 6.20. The minimum absolute atomic E-state index is 0. The Kier molecular flexibility index (Phi) is 9.00. The van der Waals surface area contributed by atoms with Crippen molar-refractivity contribution in [1.29, 1.82) is 0 Å². The average Bonchev–Trinajstić information content (AvgIpc) is 3.48. The van der Waals surface area contributed by atoms with Gasteiger partial charge in [-0.1, -0.05) is 6.07 Å². The Hall–Kier alpha value is -1.13. The van der Waals surface area contributed by atoms with Crippen LogP contribution in [0.4, 0.5) is 0 Å². The molecule has 2 aliphatic rings.